The molecular weight excluding hydrogens is 200 g/mol. The van der Waals surface area contributed by atoms with Crippen LogP contribution in [0.4, 0.5) is 10.6 Å². The van der Waals surface area contributed by atoms with Crippen LogP contribution in [0.25, 0.3) is 0 Å². The van der Waals surface area contributed by atoms with Gasteiger partial charge in [0.25, 0.3) is 0 Å². The van der Waals surface area contributed by atoms with Gasteiger partial charge in [-0.05, 0) is 6.92 Å². The monoisotopic (exact) mass is 212 g/mol. The van der Waals surface area contributed by atoms with Crippen LogP contribution >= 0.6 is 0 Å². The van der Waals surface area contributed by atoms with Gasteiger partial charge in [-0.15, -0.1) is 0 Å². The molecule has 1 aromatic heterocycles. The lowest BCUT2D eigenvalue weighted by atomic mass is 10.3. The van der Waals surface area contributed by atoms with E-state index in [0.717, 1.165) is 0 Å². The highest BCUT2D eigenvalue weighted by molar-refractivity contribution is 5.91. The van der Waals surface area contributed by atoms with E-state index in [1.807, 2.05) is 0 Å². The van der Waals surface area contributed by atoms with Crippen LogP contribution < -0.4 is 10.6 Å². The van der Waals surface area contributed by atoms with Crippen LogP contribution in [0.2, 0.25) is 0 Å². The van der Waals surface area contributed by atoms with E-state index in [4.69, 9.17) is 5.11 Å². The van der Waals surface area contributed by atoms with E-state index in [1.165, 1.54) is 17.8 Å². The van der Waals surface area contributed by atoms with Gasteiger partial charge in [-0.2, -0.15) is 5.10 Å². The maximum atomic E-state index is 11.3. The van der Waals surface area contributed by atoms with Crippen molar-refractivity contribution in [3.05, 3.63) is 12.3 Å². The molecule has 1 rings (SSSR count). The molecule has 0 fully saturated rings. The number of amides is 2. The van der Waals surface area contributed by atoms with Crippen molar-refractivity contribution in [1.82, 2.24) is 15.1 Å². The fraction of sp³-hybridized carbons (Fsp3) is 0.375. The first-order valence-electron chi connectivity index (χ1n) is 4.29. The number of nitrogens with zero attached hydrogens (tertiary/aromatic N) is 2. The Bertz CT molecular complexity index is 374. The highest BCUT2D eigenvalue weighted by Crippen LogP contribution is 2.02. The van der Waals surface area contributed by atoms with E-state index in [2.05, 4.69) is 15.7 Å². The fourth-order valence-electron chi connectivity index (χ4n) is 0.907. The maximum Gasteiger partial charge on any atom is 0.325 e. The Morgan fingerprint density at radius 1 is 1.60 bits per heavy atom. The van der Waals surface area contributed by atoms with E-state index in [1.54, 1.807) is 13.1 Å². The number of carboxylic acids is 1. The lowest BCUT2D eigenvalue weighted by Crippen LogP contribution is -2.41. The molecule has 1 unspecified atom stereocenters. The SMILES string of the molecule is CC(NC(=O)Nc1ccnn1C)C(=O)O. The molecule has 0 aliphatic heterocycles. The van der Waals surface area contributed by atoms with Crippen molar-refractivity contribution in [2.75, 3.05) is 5.32 Å². The van der Waals surface area contributed by atoms with Crippen molar-refractivity contribution in [3.63, 3.8) is 0 Å². The summed E-state index contributed by atoms with van der Waals surface area (Å²) in [4.78, 5) is 21.7. The minimum Gasteiger partial charge on any atom is -0.480 e. The Balaban J connectivity index is 2.50. The first kappa shape index (κ1) is 11.0. The summed E-state index contributed by atoms with van der Waals surface area (Å²) in [5, 5.41) is 17.1. The van der Waals surface area contributed by atoms with Crippen molar-refractivity contribution >= 4 is 17.8 Å². The Morgan fingerprint density at radius 2 is 2.27 bits per heavy atom. The Hall–Kier alpha value is -2.05. The normalized spacial score (nSPS) is 11.9. The number of anilines is 1. The number of carboxylic acid groups (broad SMARTS) is 1. The highest BCUT2D eigenvalue weighted by Gasteiger charge is 2.14. The molecule has 7 heteroatoms. The van der Waals surface area contributed by atoms with Gasteiger partial charge in [0.15, 0.2) is 0 Å². The maximum absolute atomic E-state index is 11.3. The Kier molecular flexibility index (Phi) is 3.27. The van der Waals surface area contributed by atoms with Crippen LogP contribution in [0, 0.1) is 0 Å². The standard InChI is InChI=1S/C8H12N4O3/c1-5(7(13)14)10-8(15)11-6-3-4-9-12(6)2/h3-5H,1-2H3,(H,13,14)(H2,10,11,15). The average molecular weight is 212 g/mol. The summed E-state index contributed by atoms with van der Waals surface area (Å²) in [6.07, 6.45) is 1.52. The van der Waals surface area contributed by atoms with Gasteiger partial charge >= 0.3 is 12.0 Å². The predicted molar refractivity (Wildman–Crippen MR) is 52.5 cm³/mol. The number of aryl methyl sites for hydroxylation is 1. The zero-order valence-corrected chi connectivity index (χ0v) is 8.39. The molecule has 0 aromatic carbocycles. The highest BCUT2D eigenvalue weighted by atomic mass is 16.4. The molecule has 0 saturated heterocycles. The Labute approximate surface area is 86.1 Å². The van der Waals surface area contributed by atoms with Crippen molar-refractivity contribution in [3.8, 4) is 0 Å². The number of hydrogen-bond acceptors (Lipinski definition) is 3. The van der Waals surface area contributed by atoms with Gasteiger partial charge < -0.3 is 10.4 Å². The van der Waals surface area contributed by atoms with Crippen molar-refractivity contribution in [2.45, 2.75) is 13.0 Å². The molecule has 1 heterocycles. The Morgan fingerprint density at radius 3 is 2.73 bits per heavy atom. The van der Waals surface area contributed by atoms with E-state index in [-0.39, 0.29) is 0 Å². The molecule has 0 spiro atoms. The van der Waals surface area contributed by atoms with Gasteiger partial charge in [0.05, 0.1) is 6.20 Å². The lowest BCUT2D eigenvalue weighted by Gasteiger charge is -2.10. The molecule has 7 nitrogen and oxygen atoms in total. The molecule has 1 atom stereocenters. The largest absolute Gasteiger partial charge is 0.480 e. The van der Waals surface area contributed by atoms with Crippen LogP contribution in [0.15, 0.2) is 12.3 Å². The van der Waals surface area contributed by atoms with Gasteiger partial charge in [0.1, 0.15) is 11.9 Å². The lowest BCUT2D eigenvalue weighted by molar-refractivity contribution is -0.138. The van der Waals surface area contributed by atoms with Gasteiger partial charge in [-0.1, -0.05) is 0 Å². The van der Waals surface area contributed by atoms with Crippen LogP contribution in [0.1, 0.15) is 6.92 Å². The van der Waals surface area contributed by atoms with Crippen molar-refractivity contribution in [1.29, 1.82) is 0 Å². The molecule has 82 valence electrons. The summed E-state index contributed by atoms with van der Waals surface area (Å²) in [5.74, 6) is -0.597. The van der Waals surface area contributed by atoms with E-state index in [0.29, 0.717) is 5.82 Å². The van der Waals surface area contributed by atoms with E-state index < -0.39 is 18.0 Å². The van der Waals surface area contributed by atoms with Crippen LogP contribution in [0.5, 0.6) is 0 Å². The molecule has 0 aliphatic carbocycles. The summed E-state index contributed by atoms with van der Waals surface area (Å²) < 4.78 is 1.46. The van der Waals surface area contributed by atoms with Crippen LogP contribution in [0.3, 0.4) is 0 Å². The summed E-state index contributed by atoms with van der Waals surface area (Å²) in [7, 11) is 1.66. The molecule has 0 bridgehead atoms. The van der Waals surface area contributed by atoms with Crippen molar-refractivity contribution in [2.24, 2.45) is 7.05 Å². The fourth-order valence-corrected chi connectivity index (χ4v) is 0.907. The number of aliphatic carboxylic acids is 1. The summed E-state index contributed by atoms with van der Waals surface area (Å²) in [6.45, 7) is 1.38. The zero-order chi connectivity index (χ0) is 11.4. The third-order valence-electron chi connectivity index (χ3n) is 1.78. The van der Waals surface area contributed by atoms with Crippen molar-refractivity contribution < 1.29 is 14.7 Å². The number of rotatable bonds is 3. The molecular formula is C8H12N4O3. The first-order chi connectivity index (χ1) is 7.00. The third kappa shape index (κ3) is 2.97. The minimum absolute atomic E-state index is 0.491. The van der Waals surface area contributed by atoms with Gasteiger partial charge in [-0.3, -0.25) is 14.8 Å². The number of carbonyl (C=O) groups excluding carboxylic acids is 1. The number of carbonyl (C=O) groups is 2. The molecule has 0 saturated carbocycles. The summed E-state index contributed by atoms with van der Waals surface area (Å²) in [5.41, 5.74) is 0. The molecule has 15 heavy (non-hydrogen) atoms. The molecule has 3 N–H and O–H groups in total. The molecule has 1 aromatic rings. The number of aromatic nitrogens is 2. The molecule has 0 radical (unpaired) electrons. The number of hydrogen-bond donors (Lipinski definition) is 3. The van der Waals surface area contributed by atoms with Crippen LogP contribution in [-0.2, 0) is 11.8 Å². The number of urea groups is 1. The second-order valence-corrected chi connectivity index (χ2v) is 3.00. The van der Waals surface area contributed by atoms with E-state index >= 15 is 0 Å². The summed E-state index contributed by atoms with van der Waals surface area (Å²) >= 11 is 0. The first-order valence-corrected chi connectivity index (χ1v) is 4.29. The second-order valence-electron chi connectivity index (χ2n) is 3.00. The topological polar surface area (TPSA) is 96.3 Å². The second kappa shape index (κ2) is 4.45. The zero-order valence-electron chi connectivity index (χ0n) is 8.39. The van der Waals surface area contributed by atoms with E-state index in [9.17, 15) is 9.59 Å². The van der Waals surface area contributed by atoms with Gasteiger partial charge in [0.2, 0.25) is 0 Å². The van der Waals surface area contributed by atoms with Crippen LogP contribution in [-0.4, -0.2) is 32.9 Å². The quantitative estimate of drug-likeness (QED) is 0.657. The number of nitrogens with one attached hydrogen (secondary N) is 2. The minimum atomic E-state index is -1.09. The third-order valence-corrected chi connectivity index (χ3v) is 1.78. The smallest absolute Gasteiger partial charge is 0.325 e. The van der Waals surface area contributed by atoms with Gasteiger partial charge in [-0.25, -0.2) is 4.79 Å². The average Bonchev–Trinajstić information content (AvgIpc) is 2.51. The summed E-state index contributed by atoms with van der Waals surface area (Å²) in [6, 6.07) is 0.0945. The van der Waals surface area contributed by atoms with Gasteiger partial charge in [0, 0.05) is 13.1 Å². The molecule has 2 amide bonds. The molecule has 0 aliphatic rings. The predicted octanol–water partition coefficient (Wildman–Crippen LogP) is 0.0147.